The Bertz CT molecular complexity index is 337. The van der Waals surface area contributed by atoms with E-state index in [1.165, 1.54) is 12.0 Å². The fourth-order valence-corrected chi connectivity index (χ4v) is 1.91. The maximum atomic E-state index is 11.9. The highest BCUT2D eigenvalue weighted by Gasteiger charge is 2.07. The number of hydrogen-bond donors (Lipinski definition) is 0. The molecule has 1 rings (SSSR count). The van der Waals surface area contributed by atoms with E-state index in [0.717, 1.165) is 24.8 Å². The summed E-state index contributed by atoms with van der Waals surface area (Å²) in [6.45, 7) is 6.57. The second kappa shape index (κ2) is 7.26. The van der Waals surface area contributed by atoms with E-state index >= 15 is 0 Å². The van der Waals surface area contributed by atoms with Gasteiger partial charge < -0.3 is 0 Å². The van der Waals surface area contributed by atoms with Crippen LogP contribution in [0.3, 0.4) is 0 Å². The van der Waals surface area contributed by atoms with Crippen LogP contribution in [0.1, 0.15) is 74.7 Å². The van der Waals surface area contributed by atoms with Gasteiger partial charge in [-0.05, 0) is 24.3 Å². The number of carbonyl (C=O) groups excluding carboxylic acids is 1. The molecule has 94 valence electrons. The topological polar surface area (TPSA) is 17.1 Å². The number of Topliss-reactive ketones (excluding diaryl/α,β-unsaturated/α-hetero) is 1. The van der Waals surface area contributed by atoms with Crippen LogP contribution in [-0.2, 0) is 0 Å². The van der Waals surface area contributed by atoms with Crippen molar-refractivity contribution >= 4 is 5.78 Å². The molecule has 0 saturated carbocycles. The van der Waals surface area contributed by atoms with Crippen LogP contribution in [0.15, 0.2) is 24.3 Å². The lowest BCUT2D eigenvalue weighted by Crippen LogP contribution is -2.00. The molecule has 1 atom stereocenters. The summed E-state index contributed by atoms with van der Waals surface area (Å²) in [5.41, 5.74) is 2.20. The summed E-state index contributed by atoms with van der Waals surface area (Å²) in [4.78, 5) is 11.9. The Hall–Kier alpha value is -1.11. The monoisotopic (exact) mass is 232 g/mol. The lowest BCUT2D eigenvalue weighted by atomic mass is 9.96. The van der Waals surface area contributed by atoms with Crippen LogP contribution in [0, 0.1) is 0 Å². The zero-order chi connectivity index (χ0) is 12.7. The molecular formula is C16H24O. The van der Waals surface area contributed by atoms with E-state index < -0.39 is 0 Å². The van der Waals surface area contributed by atoms with Crippen LogP contribution in [0.5, 0.6) is 0 Å². The molecule has 1 heteroatoms. The third kappa shape index (κ3) is 4.33. The van der Waals surface area contributed by atoms with Crippen molar-refractivity contribution in [2.45, 2.75) is 58.8 Å². The van der Waals surface area contributed by atoms with Gasteiger partial charge in [0.15, 0.2) is 5.78 Å². The molecular weight excluding hydrogens is 208 g/mol. The third-order valence-corrected chi connectivity index (χ3v) is 3.42. The highest BCUT2D eigenvalue weighted by molar-refractivity contribution is 5.96. The first-order valence-corrected chi connectivity index (χ1v) is 6.82. The lowest BCUT2D eigenvalue weighted by Gasteiger charge is -2.09. The fraction of sp³-hybridized carbons (Fsp3) is 0.562. The van der Waals surface area contributed by atoms with Crippen LogP contribution in [-0.4, -0.2) is 5.78 Å². The van der Waals surface area contributed by atoms with Crippen LogP contribution in [0.25, 0.3) is 0 Å². The maximum Gasteiger partial charge on any atom is 0.162 e. The summed E-state index contributed by atoms with van der Waals surface area (Å²) >= 11 is 0. The maximum absolute atomic E-state index is 11.9. The first-order chi connectivity index (χ1) is 8.19. The molecule has 1 aromatic rings. The Morgan fingerprint density at radius 2 is 1.76 bits per heavy atom. The second-order valence-corrected chi connectivity index (χ2v) is 4.81. The average molecular weight is 232 g/mol. The number of hydrogen-bond acceptors (Lipinski definition) is 1. The van der Waals surface area contributed by atoms with Gasteiger partial charge in [0.1, 0.15) is 0 Å². The van der Waals surface area contributed by atoms with E-state index in [2.05, 4.69) is 32.9 Å². The average Bonchev–Trinajstić information content (AvgIpc) is 2.38. The SMILES string of the molecule is CCCCCC(=O)c1ccc(C(C)CC)cc1. The second-order valence-electron chi connectivity index (χ2n) is 4.81. The summed E-state index contributed by atoms with van der Waals surface area (Å²) in [7, 11) is 0. The molecule has 1 aromatic carbocycles. The molecule has 0 radical (unpaired) electrons. The van der Waals surface area contributed by atoms with Gasteiger partial charge in [-0.3, -0.25) is 4.79 Å². The first-order valence-electron chi connectivity index (χ1n) is 6.82. The Morgan fingerprint density at radius 3 is 2.29 bits per heavy atom. The van der Waals surface area contributed by atoms with Gasteiger partial charge in [-0.1, -0.05) is 57.9 Å². The largest absolute Gasteiger partial charge is 0.294 e. The summed E-state index contributed by atoms with van der Waals surface area (Å²) in [5, 5.41) is 0. The molecule has 0 aliphatic rings. The lowest BCUT2D eigenvalue weighted by molar-refractivity contribution is 0.0979. The molecule has 0 amide bonds. The van der Waals surface area contributed by atoms with Crippen molar-refractivity contribution in [1.29, 1.82) is 0 Å². The quantitative estimate of drug-likeness (QED) is 0.479. The van der Waals surface area contributed by atoms with Gasteiger partial charge in [0.2, 0.25) is 0 Å². The Labute approximate surface area is 105 Å². The number of rotatable bonds is 7. The minimum atomic E-state index is 0.286. The Morgan fingerprint density at radius 1 is 1.12 bits per heavy atom. The summed E-state index contributed by atoms with van der Waals surface area (Å²) in [5.74, 6) is 0.869. The predicted octanol–water partition coefficient (Wildman–Crippen LogP) is 4.96. The molecule has 0 saturated heterocycles. The number of benzene rings is 1. The Kier molecular flexibility index (Phi) is 5.96. The van der Waals surface area contributed by atoms with Gasteiger partial charge in [0, 0.05) is 12.0 Å². The molecule has 0 aromatic heterocycles. The van der Waals surface area contributed by atoms with Gasteiger partial charge in [0.05, 0.1) is 0 Å². The van der Waals surface area contributed by atoms with Gasteiger partial charge in [-0.2, -0.15) is 0 Å². The molecule has 1 nitrogen and oxygen atoms in total. The zero-order valence-corrected chi connectivity index (χ0v) is 11.3. The van der Waals surface area contributed by atoms with Gasteiger partial charge in [0.25, 0.3) is 0 Å². The normalized spacial score (nSPS) is 12.4. The molecule has 0 N–H and O–H groups in total. The molecule has 1 unspecified atom stereocenters. The highest BCUT2D eigenvalue weighted by Crippen LogP contribution is 2.19. The third-order valence-electron chi connectivity index (χ3n) is 3.42. The van der Waals surface area contributed by atoms with Crippen LogP contribution < -0.4 is 0 Å². The van der Waals surface area contributed by atoms with Crippen LogP contribution in [0.4, 0.5) is 0 Å². The van der Waals surface area contributed by atoms with Gasteiger partial charge in [-0.25, -0.2) is 0 Å². The minimum absolute atomic E-state index is 0.286. The van der Waals surface area contributed by atoms with Crippen molar-refractivity contribution in [2.24, 2.45) is 0 Å². The minimum Gasteiger partial charge on any atom is -0.294 e. The molecule has 17 heavy (non-hydrogen) atoms. The summed E-state index contributed by atoms with van der Waals surface area (Å²) < 4.78 is 0. The van der Waals surface area contributed by atoms with Crippen molar-refractivity contribution in [2.75, 3.05) is 0 Å². The van der Waals surface area contributed by atoms with Crippen LogP contribution in [0.2, 0.25) is 0 Å². The van der Waals surface area contributed by atoms with Crippen LogP contribution >= 0.6 is 0 Å². The summed E-state index contributed by atoms with van der Waals surface area (Å²) in [6, 6.07) is 8.16. The van der Waals surface area contributed by atoms with Crippen molar-refractivity contribution in [3.05, 3.63) is 35.4 Å². The van der Waals surface area contributed by atoms with Crippen molar-refractivity contribution in [3.8, 4) is 0 Å². The van der Waals surface area contributed by atoms with Gasteiger partial charge in [-0.15, -0.1) is 0 Å². The molecule has 0 heterocycles. The molecule has 0 fully saturated rings. The van der Waals surface area contributed by atoms with Crippen molar-refractivity contribution in [3.63, 3.8) is 0 Å². The molecule has 0 spiro atoms. The number of carbonyl (C=O) groups is 1. The fourth-order valence-electron chi connectivity index (χ4n) is 1.91. The molecule has 0 bridgehead atoms. The van der Waals surface area contributed by atoms with E-state index in [1.54, 1.807) is 0 Å². The van der Waals surface area contributed by atoms with E-state index in [9.17, 15) is 4.79 Å². The van der Waals surface area contributed by atoms with E-state index in [4.69, 9.17) is 0 Å². The molecule has 0 aliphatic carbocycles. The van der Waals surface area contributed by atoms with Gasteiger partial charge >= 0.3 is 0 Å². The number of unbranched alkanes of at least 4 members (excludes halogenated alkanes) is 2. The smallest absolute Gasteiger partial charge is 0.162 e. The number of ketones is 1. The van der Waals surface area contributed by atoms with Crippen molar-refractivity contribution in [1.82, 2.24) is 0 Å². The predicted molar refractivity (Wildman–Crippen MR) is 73.6 cm³/mol. The Balaban J connectivity index is 2.58. The van der Waals surface area contributed by atoms with Crippen molar-refractivity contribution < 1.29 is 4.79 Å². The molecule has 0 aliphatic heterocycles. The zero-order valence-electron chi connectivity index (χ0n) is 11.3. The van der Waals surface area contributed by atoms with E-state index in [0.29, 0.717) is 12.3 Å². The standard InChI is InChI=1S/C16H24O/c1-4-6-7-8-16(17)15-11-9-14(10-12-15)13(3)5-2/h9-13H,4-8H2,1-3H3. The first kappa shape index (κ1) is 14.0. The van der Waals surface area contributed by atoms with E-state index in [-0.39, 0.29) is 5.78 Å². The van der Waals surface area contributed by atoms with E-state index in [1.807, 2.05) is 12.1 Å². The summed E-state index contributed by atoms with van der Waals surface area (Å²) in [6.07, 6.45) is 5.17. The highest BCUT2D eigenvalue weighted by atomic mass is 16.1.